The SMILES string of the molecule is CC(=O)O[C@H]1C[C@]2(C)[C@H]3CC=C4[C@@H]5CC(C)(C)CC[C@]5(C(=O)Nc5ccc6cccnc6c5)CC[C@@]4(C)[C@]3(C)CC[C@H]2C(C)(C)[C@H]1OC(C)=O. The molecule has 0 radical (unpaired) electrons. The Morgan fingerprint density at radius 1 is 0.840 bits per heavy atom. The number of pyridine rings is 1. The van der Waals surface area contributed by atoms with Crippen LogP contribution in [-0.2, 0) is 23.9 Å². The third-order valence-electron chi connectivity index (χ3n) is 15.4. The van der Waals surface area contributed by atoms with Crippen LogP contribution in [0.4, 0.5) is 5.69 Å². The smallest absolute Gasteiger partial charge is 0.303 e. The highest BCUT2D eigenvalue weighted by molar-refractivity contribution is 5.98. The minimum Gasteiger partial charge on any atom is -0.459 e. The van der Waals surface area contributed by atoms with Gasteiger partial charge in [0.05, 0.1) is 10.9 Å². The Hall–Kier alpha value is -3.22. The van der Waals surface area contributed by atoms with Crippen LogP contribution in [0.1, 0.15) is 120 Å². The van der Waals surface area contributed by atoms with Crippen molar-refractivity contribution < 1.29 is 23.9 Å². The summed E-state index contributed by atoms with van der Waals surface area (Å²) < 4.78 is 12.0. The van der Waals surface area contributed by atoms with Crippen LogP contribution in [0, 0.1) is 50.2 Å². The minimum absolute atomic E-state index is 0.00168. The number of carbonyl (C=O) groups excluding carboxylic acids is 3. The molecule has 50 heavy (non-hydrogen) atoms. The zero-order chi connectivity index (χ0) is 36.1. The van der Waals surface area contributed by atoms with Crippen molar-refractivity contribution in [3.05, 3.63) is 48.2 Å². The number of rotatable bonds is 4. The van der Waals surface area contributed by atoms with Crippen molar-refractivity contribution in [3.8, 4) is 0 Å². The number of benzene rings is 1. The molecule has 9 atom stereocenters. The Morgan fingerprint density at radius 2 is 1.56 bits per heavy atom. The van der Waals surface area contributed by atoms with Crippen molar-refractivity contribution in [3.63, 3.8) is 0 Å². The number of nitrogens with one attached hydrogen (secondary N) is 1. The second-order valence-electron chi connectivity index (χ2n) is 18.9. The summed E-state index contributed by atoms with van der Waals surface area (Å²) in [5, 5.41) is 4.47. The van der Waals surface area contributed by atoms with Crippen LogP contribution in [0.15, 0.2) is 48.2 Å². The number of carbonyl (C=O) groups is 3. The van der Waals surface area contributed by atoms with Gasteiger partial charge in [-0.3, -0.25) is 19.4 Å². The molecule has 270 valence electrons. The van der Waals surface area contributed by atoms with Gasteiger partial charge in [-0.25, -0.2) is 0 Å². The number of hydrogen-bond donors (Lipinski definition) is 1. The first-order chi connectivity index (χ1) is 23.4. The van der Waals surface area contributed by atoms with E-state index in [-0.39, 0.29) is 50.8 Å². The van der Waals surface area contributed by atoms with Crippen LogP contribution in [0.5, 0.6) is 0 Å². The van der Waals surface area contributed by atoms with Crippen LogP contribution in [0.2, 0.25) is 0 Å². The van der Waals surface area contributed by atoms with Crippen LogP contribution < -0.4 is 5.32 Å². The fourth-order valence-corrected chi connectivity index (χ4v) is 12.9. The number of allylic oxidation sites excluding steroid dienone is 2. The number of esters is 2. The highest BCUT2D eigenvalue weighted by Gasteiger charge is 2.70. The molecule has 0 spiro atoms. The molecule has 4 saturated carbocycles. The van der Waals surface area contributed by atoms with Gasteiger partial charge >= 0.3 is 11.9 Å². The lowest BCUT2D eigenvalue weighted by molar-refractivity contribution is -0.243. The van der Waals surface area contributed by atoms with Gasteiger partial charge in [0, 0.05) is 36.5 Å². The molecule has 0 aliphatic heterocycles. The van der Waals surface area contributed by atoms with Crippen molar-refractivity contribution in [2.24, 2.45) is 50.2 Å². The Labute approximate surface area is 298 Å². The fourth-order valence-electron chi connectivity index (χ4n) is 12.9. The molecule has 7 nitrogen and oxygen atoms in total. The molecule has 5 aliphatic rings. The van der Waals surface area contributed by atoms with E-state index in [1.165, 1.54) is 19.4 Å². The Morgan fingerprint density at radius 3 is 2.28 bits per heavy atom. The maximum Gasteiger partial charge on any atom is 0.303 e. The van der Waals surface area contributed by atoms with Gasteiger partial charge < -0.3 is 14.8 Å². The quantitative estimate of drug-likeness (QED) is 0.255. The van der Waals surface area contributed by atoms with Gasteiger partial charge in [0.1, 0.15) is 12.2 Å². The monoisotopic (exact) mass is 682 g/mol. The number of anilines is 1. The van der Waals surface area contributed by atoms with E-state index in [2.05, 4.69) is 64.8 Å². The second kappa shape index (κ2) is 11.6. The van der Waals surface area contributed by atoms with Crippen molar-refractivity contribution in [2.75, 3.05) is 5.32 Å². The third kappa shape index (κ3) is 5.18. The number of fused-ring (bicyclic) bond motifs is 8. The normalized spacial score (nSPS) is 39.8. The molecule has 1 amide bonds. The number of nitrogens with zero attached hydrogens (tertiary/aromatic N) is 1. The zero-order valence-electron chi connectivity index (χ0n) is 31.8. The summed E-state index contributed by atoms with van der Waals surface area (Å²) in [6.45, 7) is 19.6. The van der Waals surface area contributed by atoms with Gasteiger partial charge in [0.25, 0.3) is 0 Å². The van der Waals surface area contributed by atoms with Crippen molar-refractivity contribution >= 4 is 34.4 Å². The lowest BCUT2D eigenvalue weighted by Crippen LogP contribution is -2.67. The van der Waals surface area contributed by atoms with E-state index in [1.54, 1.807) is 6.20 Å². The molecule has 1 N–H and O–H groups in total. The first kappa shape index (κ1) is 35.2. The molecule has 1 heterocycles. The van der Waals surface area contributed by atoms with Gasteiger partial charge in [0.15, 0.2) is 0 Å². The number of amides is 1. The van der Waals surface area contributed by atoms with E-state index in [1.807, 2.05) is 30.3 Å². The largest absolute Gasteiger partial charge is 0.459 e. The Bertz CT molecular complexity index is 1760. The molecule has 1 aromatic carbocycles. The molecule has 7 heteroatoms. The average molecular weight is 683 g/mol. The van der Waals surface area contributed by atoms with Crippen molar-refractivity contribution in [2.45, 2.75) is 132 Å². The highest BCUT2D eigenvalue weighted by Crippen LogP contribution is 2.76. The molecular weight excluding hydrogens is 624 g/mol. The van der Waals surface area contributed by atoms with E-state index in [4.69, 9.17) is 9.47 Å². The molecule has 2 aromatic rings. The molecule has 0 saturated heterocycles. The van der Waals surface area contributed by atoms with Crippen molar-refractivity contribution in [1.29, 1.82) is 0 Å². The zero-order valence-corrected chi connectivity index (χ0v) is 31.8. The summed E-state index contributed by atoms with van der Waals surface area (Å²) in [6, 6.07) is 10.1. The summed E-state index contributed by atoms with van der Waals surface area (Å²) in [5.41, 5.74) is 2.37. The summed E-state index contributed by atoms with van der Waals surface area (Å²) in [7, 11) is 0. The summed E-state index contributed by atoms with van der Waals surface area (Å²) in [5.74, 6) is 0.348. The predicted octanol–water partition coefficient (Wildman–Crippen LogP) is 9.45. The van der Waals surface area contributed by atoms with Crippen LogP contribution >= 0.6 is 0 Å². The van der Waals surface area contributed by atoms with Gasteiger partial charge in [-0.15, -0.1) is 0 Å². The third-order valence-corrected chi connectivity index (χ3v) is 15.4. The van der Waals surface area contributed by atoms with E-state index in [9.17, 15) is 14.4 Å². The highest BCUT2D eigenvalue weighted by atomic mass is 16.6. The summed E-state index contributed by atoms with van der Waals surface area (Å²) in [6.07, 6.45) is 11.9. The van der Waals surface area contributed by atoms with E-state index < -0.39 is 17.6 Å². The van der Waals surface area contributed by atoms with Crippen LogP contribution in [-0.4, -0.2) is 35.0 Å². The lowest BCUT2D eigenvalue weighted by Gasteiger charge is -2.71. The standard InChI is InChI=1S/C43H58N2O5/c1-26(46)49-33-25-40(7)34(39(5,6)36(33)50-27(2)47)16-17-42(9)35(40)15-14-30-31-24-38(3,4)18-20-43(31,21-19-41(30,42)8)37(48)45-29-13-12-28-11-10-22-44-32(28)23-29/h10-14,22-23,31,33-36H,15-21,24-25H2,1-9H3,(H,45,48)/t31-,33-,34-,35+,36-,40-,41+,42+,43-/m0/s1. The summed E-state index contributed by atoms with van der Waals surface area (Å²) in [4.78, 5) is 44.0. The molecule has 0 bridgehead atoms. The van der Waals surface area contributed by atoms with Gasteiger partial charge in [-0.1, -0.05) is 72.2 Å². The Kier molecular flexibility index (Phi) is 8.20. The fraction of sp³-hybridized carbons (Fsp3) is 0.674. The summed E-state index contributed by atoms with van der Waals surface area (Å²) >= 11 is 0. The molecule has 4 fully saturated rings. The molecule has 1 aromatic heterocycles. The van der Waals surface area contributed by atoms with Crippen molar-refractivity contribution in [1.82, 2.24) is 4.98 Å². The predicted molar refractivity (Wildman–Crippen MR) is 196 cm³/mol. The first-order valence-electron chi connectivity index (χ1n) is 19.1. The number of aromatic nitrogens is 1. The maximum absolute atomic E-state index is 14.7. The second-order valence-corrected chi connectivity index (χ2v) is 18.9. The Balaban J connectivity index is 1.26. The molecule has 0 unspecified atom stereocenters. The van der Waals surface area contributed by atoms with Gasteiger partial charge in [0.2, 0.25) is 5.91 Å². The van der Waals surface area contributed by atoms with Crippen LogP contribution in [0.25, 0.3) is 10.9 Å². The molecular formula is C43H58N2O5. The number of hydrogen-bond acceptors (Lipinski definition) is 6. The average Bonchev–Trinajstić information content (AvgIpc) is 3.02. The van der Waals surface area contributed by atoms with E-state index >= 15 is 0 Å². The van der Waals surface area contributed by atoms with Crippen LogP contribution in [0.3, 0.4) is 0 Å². The maximum atomic E-state index is 14.7. The first-order valence-corrected chi connectivity index (χ1v) is 19.1. The minimum atomic E-state index is -0.486. The van der Waals surface area contributed by atoms with Gasteiger partial charge in [-0.2, -0.15) is 0 Å². The number of ether oxygens (including phenoxy) is 2. The van der Waals surface area contributed by atoms with E-state index in [0.717, 1.165) is 68.0 Å². The van der Waals surface area contributed by atoms with E-state index in [0.29, 0.717) is 18.3 Å². The topological polar surface area (TPSA) is 94.6 Å². The lowest BCUT2D eigenvalue weighted by atomic mass is 9.33. The van der Waals surface area contributed by atoms with Gasteiger partial charge in [-0.05, 0) is 115 Å². The molecule has 5 aliphatic carbocycles. The molecule has 7 rings (SSSR count).